The number of ether oxygens (including phenoxy) is 2. The first-order valence-corrected chi connectivity index (χ1v) is 8.55. The Morgan fingerprint density at radius 1 is 1.00 bits per heavy atom. The van der Waals surface area contributed by atoms with Crippen LogP contribution in [0.15, 0.2) is 45.6 Å². The van der Waals surface area contributed by atoms with Crippen molar-refractivity contribution >= 4 is 27.9 Å². The van der Waals surface area contributed by atoms with Gasteiger partial charge in [0.05, 0.1) is 5.39 Å². The number of rotatable bonds is 3. The van der Waals surface area contributed by atoms with Crippen LogP contribution < -0.4 is 10.2 Å². The van der Waals surface area contributed by atoms with Gasteiger partial charge in [0.2, 0.25) is 11.7 Å². The summed E-state index contributed by atoms with van der Waals surface area (Å²) in [4.78, 5) is 23.9. The van der Waals surface area contributed by atoms with Gasteiger partial charge in [0, 0.05) is 0 Å². The monoisotopic (exact) mass is 404 g/mol. The Morgan fingerprint density at radius 3 is 2.48 bits per heavy atom. The molecule has 10 heteroatoms. The summed E-state index contributed by atoms with van der Waals surface area (Å²) in [7, 11) is 0. The molecule has 0 spiro atoms. The molecule has 5 N–H and O–H groups in total. The van der Waals surface area contributed by atoms with Gasteiger partial charge in [0.1, 0.15) is 46.4 Å². The van der Waals surface area contributed by atoms with Gasteiger partial charge < -0.3 is 39.4 Å². The van der Waals surface area contributed by atoms with E-state index in [4.69, 9.17) is 19.0 Å². The zero-order valence-electron chi connectivity index (χ0n) is 14.6. The number of aromatic hydroxyl groups is 1. The molecule has 0 amide bonds. The van der Waals surface area contributed by atoms with E-state index in [1.54, 1.807) is 0 Å². The molecule has 1 aliphatic rings. The van der Waals surface area contributed by atoms with Crippen LogP contribution in [0.3, 0.4) is 0 Å². The topological polar surface area (TPSA) is 167 Å². The number of benzene rings is 2. The number of carboxylic acids is 1. The quantitative estimate of drug-likeness (QED) is 0.373. The van der Waals surface area contributed by atoms with Gasteiger partial charge in [-0.15, -0.1) is 0 Å². The number of aliphatic hydroxyl groups is 3. The minimum atomic E-state index is -1.85. The van der Waals surface area contributed by atoms with Crippen molar-refractivity contribution < 1.29 is 44.2 Å². The average Bonchev–Trinajstić information content (AvgIpc) is 2.68. The van der Waals surface area contributed by atoms with Crippen molar-refractivity contribution in [3.05, 3.63) is 46.6 Å². The van der Waals surface area contributed by atoms with Crippen molar-refractivity contribution in [2.45, 2.75) is 30.7 Å². The predicted molar refractivity (Wildman–Crippen MR) is 96.6 cm³/mol. The third kappa shape index (κ3) is 3.17. The molecule has 1 fully saturated rings. The van der Waals surface area contributed by atoms with Gasteiger partial charge in [-0.25, -0.2) is 4.79 Å². The van der Waals surface area contributed by atoms with E-state index >= 15 is 0 Å². The van der Waals surface area contributed by atoms with Gasteiger partial charge in [-0.3, -0.25) is 4.79 Å². The van der Waals surface area contributed by atoms with E-state index in [0.29, 0.717) is 0 Å². The number of phenols is 1. The molecule has 3 aromatic rings. The van der Waals surface area contributed by atoms with Crippen molar-refractivity contribution in [1.29, 1.82) is 0 Å². The fraction of sp³-hybridized carbons (Fsp3) is 0.263. The number of fused-ring (bicyclic) bond motifs is 2. The van der Waals surface area contributed by atoms with Gasteiger partial charge in [0.15, 0.2) is 6.10 Å². The highest BCUT2D eigenvalue weighted by Gasteiger charge is 2.48. The molecular formula is C19H16O10. The number of carboxylic acid groups (broad SMARTS) is 1. The van der Waals surface area contributed by atoms with E-state index < -0.39 is 42.1 Å². The summed E-state index contributed by atoms with van der Waals surface area (Å²) in [6, 6.07) is 8.50. The van der Waals surface area contributed by atoms with Gasteiger partial charge >= 0.3 is 5.97 Å². The summed E-state index contributed by atoms with van der Waals surface area (Å²) in [5.74, 6) is -1.79. The number of aliphatic carboxylic acids is 1. The van der Waals surface area contributed by atoms with E-state index in [1.165, 1.54) is 36.4 Å². The number of carbonyl (C=O) groups is 1. The molecule has 5 atom stereocenters. The lowest BCUT2D eigenvalue weighted by Gasteiger charge is -2.38. The standard InChI is InChI=1S/C19H16O10/c20-9-2-1-3-11-12(9)13(21)8-6-7(4-5-10(8)28-11)27-19-16(24)14(22)15(23)17(29-19)18(25)26/h1-6,14-17,19-20,22-24H,(H,25,26). The lowest BCUT2D eigenvalue weighted by atomic mass is 9.99. The molecular weight excluding hydrogens is 388 g/mol. The highest BCUT2D eigenvalue weighted by atomic mass is 16.7. The molecule has 0 saturated carbocycles. The van der Waals surface area contributed by atoms with E-state index in [0.717, 1.165) is 0 Å². The first-order valence-electron chi connectivity index (χ1n) is 8.55. The Hall–Kier alpha value is -3.18. The molecule has 29 heavy (non-hydrogen) atoms. The minimum Gasteiger partial charge on any atom is -0.507 e. The summed E-state index contributed by atoms with van der Waals surface area (Å²) >= 11 is 0. The lowest BCUT2D eigenvalue weighted by Crippen LogP contribution is -2.61. The second-order valence-corrected chi connectivity index (χ2v) is 6.59. The first-order chi connectivity index (χ1) is 13.8. The van der Waals surface area contributed by atoms with Crippen LogP contribution in [0.5, 0.6) is 11.5 Å². The van der Waals surface area contributed by atoms with Crippen molar-refractivity contribution in [1.82, 2.24) is 0 Å². The molecule has 0 aliphatic carbocycles. The van der Waals surface area contributed by atoms with Crippen LogP contribution in [-0.4, -0.2) is 62.2 Å². The minimum absolute atomic E-state index is 0.0105. The van der Waals surface area contributed by atoms with Gasteiger partial charge in [-0.2, -0.15) is 0 Å². The molecule has 1 saturated heterocycles. The highest BCUT2D eigenvalue weighted by molar-refractivity contribution is 5.93. The fourth-order valence-electron chi connectivity index (χ4n) is 3.22. The molecule has 0 bridgehead atoms. The Labute approximate surface area is 161 Å². The highest BCUT2D eigenvalue weighted by Crippen LogP contribution is 2.29. The zero-order chi connectivity index (χ0) is 20.9. The van der Waals surface area contributed by atoms with Crippen molar-refractivity contribution in [2.75, 3.05) is 0 Å². The van der Waals surface area contributed by atoms with Crippen molar-refractivity contribution in [3.63, 3.8) is 0 Å². The molecule has 152 valence electrons. The third-order valence-corrected chi connectivity index (χ3v) is 4.71. The number of hydrogen-bond donors (Lipinski definition) is 5. The van der Waals surface area contributed by atoms with Gasteiger partial charge in [-0.05, 0) is 30.3 Å². The number of aliphatic hydroxyl groups excluding tert-OH is 3. The largest absolute Gasteiger partial charge is 0.507 e. The number of phenolic OH excluding ortho intramolecular Hbond substituents is 1. The molecule has 5 unspecified atom stereocenters. The molecule has 4 rings (SSSR count). The second-order valence-electron chi connectivity index (χ2n) is 6.59. The van der Waals surface area contributed by atoms with Crippen molar-refractivity contribution in [3.8, 4) is 11.5 Å². The SMILES string of the molecule is O=C(O)C1OC(Oc2ccc3oc4cccc(O)c4c(=O)c3c2)C(O)C(O)C1O. The maximum Gasteiger partial charge on any atom is 0.335 e. The smallest absolute Gasteiger partial charge is 0.335 e. The number of hydrogen-bond acceptors (Lipinski definition) is 9. The van der Waals surface area contributed by atoms with Crippen LogP contribution >= 0.6 is 0 Å². The Kier molecular flexibility index (Phi) is 4.63. The van der Waals surface area contributed by atoms with Crippen LogP contribution in [0.1, 0.15) is 0 Å². The summed E-state index contributed by atoms with van der Waals surface area (Å²) < 4.78 is 16.1. The summed E-state index contributed by atoms with van der Waals surface area (Å²) in [5.41, 5.74) is -0.109. The maximum absolute atomic E-state index is 12.7. The van der Waals surface area contributed by atoms with Crippen molar-refractivity contribution in [2.24, 2.45) is 0 Å². The molecule has 1 aromatic heterocycles. The van der Waals surface area contributed by atoms with E-state index in [1.807, 2.05) is 0 Å². The maximum atomic E-state index is 12.7. The summed E-state index contributed by atoms with van der Waals surface area (Å²) in [5, 5.41) is 48.7. The van der Waals surface area contributed by atoms with E-state index in [-0.39, 0.29) is 33.4 Å². The average molecular weight is 404 g/mol. The van der Waals surface area contributed by atoms with Gasteiger partial charge in [-0.1, -0.05) is 6.07 Å². The van der Waals surface area contributed by atoms with Gasteiger partial charge in [0.25, 0.3) is 0 Å². The first kappa shape index (κ1) is 19.2. The Balaban J connectivity index is 1.72. The van der Waals surface area contributed by atoms with Crippen LogP contribution in [0, 0.1) is 0 Å². The molecule has 10 nitrogen and oxygen atoms in total. The summed E-state index contributed by atoms with van der Waals surface area (Å²) in [6.07, 6.45) is -8.84. The summed E-state index contributed by atoms with van der Waals surface area (Å²) in [6.45, 7) is 0. The molecule has 2 aromatic carbocycles. The van der Waals surface area contributed by atoms with E-state index in [2.05, 4.69) is 0 Å². The molecule has 2 heterocycles. The molecule has 1 aliphatic heterocycles. The Bertz CT molecular complexity index is 1150. The lowest BCUT2D eigenvalue weighted by molar-refractivity contribution is -0.271. The van der Waals surface area contributed by atoms with Crippen LogP contribution in [0.4, 0.5) is 0 Å². The van der Waals surface area contributed by atoms with E-state index in [9.17, 15) is 30.0 Å². The van der Waals surface area contributed by atoms with Crippen LogP contribution in [0.25, 0.3) is 21.9 Å². The zero-order valence-corrected chi connectivity index (χ0v) is 14.6. The van der Waals surface area contributed by atoms with Crippen LogP contribution in [-0.2, 0) is 9.53 Å². The Morgan fingerprint density at radius 2 is 1.76 bits per heavy atom. The third-order valence-electron chi connectivity index (χ3n) is 4.71. The normalized spacial score (nSPS) is 27.2. The second kappa shape index (κ2) is 7.01. The fourth-order valence-corrected chi connectivity index (χ4v) is 3.22. The predicted octanol–water partition coefficient (Wildman–Crippen LogP) is -0.0772. The van der Waals surface area contributed by atoms with Crippen LogP contribution in [0.2, 0.25) is 0 Å². The molecule has 0 radical (unpaired) electrons.